The molecule has 1 unspecified atom stereocenters. The first-order valence-corrected chi connectivity index (χ1v) is 8.02. The Balaban J connectivity index is 3.35. The van der Waals surface area contributed by atoms with Crippen molar-refractivity contribution in [2.45, 2.75) is 37.5 Å². The molecule has 0 spiro atoms. The molecule has 0 aliphatic carbocycles. The third-order valence-corrected chi connectivity index (χ3v) is 4.83. The fourth-order valence-corrected chi connectivity index (χ4v) is 2.84. The van der Waals surface area contributed by atoms with E-state index in [9.17, 15) is 17.8 Å². The number of nitrogens with one attached hydrogen (secondary N) is 1. The van der Waals surface area contributed by atoms with Crippen molar-refractivity contribution >= 4 is 40.2 Å². The Morgan fingerprint density at radius 3 is 2.27 bits per heavy atom. The number of benzene rings is 1. The summed E-state index contributed by atoms with van der Waals surface area (Å²) in [6.07, 6.45) is 0. The molecule has 22 heavy (non-hydrogen) atoms. The van der Waals surface area contributed by atoms with E-state index in [2.05, 4.69) is 4.72 Å². The third-order valence-electron chi connectivity index (χ3n) is 2.70. The van der Waals surface area contributed by atoms with Gasteiger partial charge in [-0.15, -0.1) is 0 Å². The van der Waals surface area contributed by atoms with Gasteiger partial charge in [0.05, 0.1) is 15.7 Å². The van der Waals surface area contributed by atoms with Crippen molar-refractivity contribution in [1.29, 1.82) is 0 Å². The van der Waals surface area contributed by atoms with E-state index in [0.29, 0.717) is 0 Å². The van der Waals surface area contributed by atoms with Crippen molar-refractivity contribution in [3.05, 3.63) is 33.8 Å². The first-order chi connectivity index (χ1) is 9.87. The van der Waals surface area contributed by atoms with Crippen molar-refractivity contribution in [2.75, 3.05) is 0 Å². The lowest BCUT2D eigenvalue weighted by molar-refractivity contribution is -0.168. The minimum absolute atomic E-state index is 0.142. The molecule has 0 radical (unpaired) electrons. The van der Waals surface area contributed by atoms with Crippen molar-refractivity contribution in [1.82, 2.24) is 4.72 Å². The van der Waals surface area contributed by atoms with Gasteiger partial charge in [0, 0.05) is 10.0 Å². The highest BCUT2D eigenvalue weighted by molar-refractivity contribution is 7.84. The predicted molar refractivity (Wildman–Crippen MR) is 82.8 cm³/mol. The minimum atomic E-state index is -4.21. The van der Waals surface area contributed by atoms with Crippen LogP contribution in [0.5, 0.6) is 0 Å². The number of carboxylic acids is 1. The normalized spacial score (nSPS) is 15.4. The van der Waals surface area contributed by atoms with Gasteiger partial charge in [-0.3, -0.25) is 0 Å². The molecule has 1 rings (SSSR count). The average molecular weight is 374 g/mol. The van der Waals surface area contributed by atoms with Gasteiger partial charge in [0.2, 0.25) is 0 Å². The maximum Gasteiger partial charge on any atom is 0.376 e. The maximum atomic E-state index is 14.0. The Bertz CT molecular complexity index is 605. The van der Waals surface area contributed by atoms with Crippen LogP contribution in [0.3, 0.4) is 0 Å². The highest BCUT2D eigenvalue weighted by Crippen LogP contribution is 2.37. The second kappa shape index (κ2) is 6.78. The number of hydrogen-bond donors (Lipinski definition) is 2. The summed E-state index contributed by atoms with van der Waals surface area (Å²) in [6, 6.07) is 1.63. The fourth-order valence-electron chi connectivity index (χ4n) is 1.48. The summed E-state index contributed by atoms with van der Waals surface area (Å²) in [4.78, 5) is 10.9. The second-order valence-corrected chi connectivity index (χ2v) is 8.37. The second-order valence-electron chi connectivity index (χ2n) is 5.53. The molecule has 2 N–H and O–H groups in total. The standard InChI is InChI=1S/C13H15Cl2F2NO3S/c1-12(2,3)22(21)18-10(13(16,17)11(19)20)8-5-4-7(14)6-9(8)15/h4-6,10,18H,1-3H3,(H,19,20)/t10-,22?/m0/s1. The van der Waals surface area contributed by atoms with Crippen molar-refractivity contribution in [2.24, 2.45) is 0 Å². The van der Waals surface area contributed by atoms with Gasteiger partial charge in [0.25, 0.3) is 0 Å². The predicted octanol–water partition coefficient (Wildman–Crippen LogP) is 3.81. The topological polar surface area (TPSA) is 66.4 Å². The van der Waals surface area contributed by atoms with Crippen LogP contribution in [-0.2, 0) is 15.8 Å². The molecular formula is C13H15Cl2F2NO3S. The molecule has 0 saturated heterocycles. The lowest BCUT2D eigenvalue weighted by Crippen LogP contribution is -2.47. The van der Waals surface area contributed by atoms with Gasteiger partial charge >= 0.3 is 11.9 Å². The number of alkyl halides is 2. The van der Waals surface area contributed by atoms with Gasteiger partial charge in [0.1, 0.15) is 6.04 Å². The summed E-state index contributed by atoms with van der Waals surface area (Å²) < 4.78 is 41.5. The van der Waals surface area contributed by atoms with Gasteiger partial charge in [-0.1, -0.05) is 29.3 Å². The highest BCUT2D eigenvalue weighted by atomic mass is 35.5. The lowest BCUT2D eigenvalue weighted by atomic mass is 10.0. The van der Waals surface area contributed by atoms with Gasteiger partial charge in [-0.25, -0.2) is 13.7 Å². The van der Waals surface area contributed by atoms with E-state index in [4.69, 9.17) is 28.3 Å². The van der Waals surface area contributed by atoms with E-state index in [-0.39, 0.29) is 15.6 Å². The van der Waals surface area contributed by atoms with Gasteiger partial charge in [-0.2, -0.15) is 8.78 Å². The smallest absolute Gasteiger partial charge is 0.376 e. The Morgan fingerprint density at radius 1 is 1.32 bits per heavy atom. The van der Waals surface area contributed by atoms with E-state index in [1.807, 2.05) is 0 Å². The number of carbonyl (C=O) groups is 1. The summed E-state index contributed by atoms with van der Waals surface area (Å²) in [5.41, 5.74) is -0.198. The van der Waals surface area contributed by atoms with Gasteiger partial charge < -0.3 is 5.11 Å². The summed E-state index contributed by atoms with van der Waals surface area (Å²) >= 11 is 11.6. The molecule has 2 atom stereocenters. The van der Waals surface area contributed by atoms with E-state index >= 15 is 0 Å². The third kappa shape index (κ3) is 4.38. The van der Waals surface area contributed by atoms with Crippen molar-refractivity contribution in [3.8, 4) is 0 Å². The SMILES string of the molecule is CC(C)(C)S(=O)N[C@@H](c1ccc(Cl)cc1Cl)C(F)(F)C(=O)O. The lowest BCUT2D eigenvalue weighted by Gasteiger charge is -2.28. The molecule has 124 valence electrons. The largest absolute Gasteiger partial charge is 0.477 e. The molecule has 0 aliphatic heterocycles. The Kier molecular flexibility index (Phi) is 5.94. The van der Waals surface area contributed by atoms with Crippen LogP contribution in [0.25, 0.3) is 0 Å². The van der Waals surface area contributed by atoms with Crippen LogP contribution in [0, 0.1) is 0 Å². The molecule has 0 aliphatic rings. The van der Waals surface area contributed by atoms with Gasteiger partial charge in [0.15, 0.2) is 0 Å². The van der Waals surface area contributed by atoms with Crippen LogP contribution in [0.4, 0.5) is 8.78 Å². The molecule has 0 saturated carbocycles. The summed E-state index contributed by atoms with van der Waals surface area (Å²) in [7, 11) is -1.93. The van der Waals surface area contributed by atoms with Crippen LogP contribution in [0.15, 0.2) is 18.2 Å². The molecule has 0 aromatic heterocycles. The first kappa shape index (κ1) is 19.3. The zero-order valence-electron chi connectivity index (χ0n) is 12.0. The van der Waals surface area contributed by atoms with Crippen molar-refractivity contribution < 1.29 is 22.9 Å². The van der Waals surface area contributed by atoms with E-state index < -0.39 is 33.7 Å². The molecule has 0 fully saturated rings. The Hall–Kier alpha value is -0.760. The van der Waals surface area contributed by atoms with Crippen LogP contribution >= 0.6 is 23.2 Å². The van der Waals surface area contributed by atoms with E-state index in [1.165, 1.54) is 18.2 Å². The summed E-state index contributed by atoms with van der Waals surface area (Å²) in [5, 5.41) is 8.85. The van der Waals surface area contributed by atoms with Crippen LogP contribution < -0.4 is 4.72 Å². The molecule has 0 bridgehead atoms. The summed E-state index contributed by atoms with van der Waals surface area (Å²) in [6.45, 7) is 4.70. The average Bonchev–Trinajstić information content (AvgIpc) is 2.34. The highest BCUT2D eigenvalue weighted by Gasteiger charge is 2.50. The molecule has 1 aromatic rings. The number of halogens is 4. The van der Waals surface area contributed by atoms with Crippen LogP contribution in [0.1, 0.15) is 32.4 Å². The van der Waals surface area contributed by atoms with Crippen LogP contribution in [-0.4, -0.2) is 26.0 Å². The molecule has 1 aromatic carbocycles. The monoisotopic (exact) mass is 373 g/mol. The number of rotatable bonds is 5. The molecule has 9 heteroatoms. The minimum Gasteiger partial charge on any atom is -0.477 e. The first-order valence-electron chi connectivity index (χ1n) is 6.11. The summed E-state index contributed by atoms with van der Waals surface area (Å²) in [5.74, 6) is -6.56. The van der Waals surface area contributed by atoms with E-state index in [0.717, 1.165) is 0 Å². The van der Waals surface area contributed by atoms with Crippen molar-refractivity contribution in [3.63, 3.8) is 0 Å². The number of hydrogen-bond acceptors (Lipinski definition) is 2. The number of aliphatic carboxylic acids is 1. The fraction of sp³-hybridized carbons (Fsp3) is 0.462. The maximum absolute atomic E-state index is 14.0. The molecular weight excluding hydrogens is 359 g/mol. The zero-order valence-corrected chi connectivity index (χ0v) is 14.3. The Morgan fingerprint density at radius 2 is 1.86 bits per heavy atom. The van der Waals surface area contributed by atoms with E-state index in [1.54, 1.807) is 20.8 Å². The molecule has 0 amide bonds. The van der Waals surface area contributed by atoms with Gasteiger partial charge in [-0.05, 0) is 38.5 Å². The quantitative estimate of drug-likeness (QED) is 0.824. The molecule has 0 heterocycles. The number of carboxylic acid groups (broad SMARTS) is 1. The molecule has 4 nitrogen and oxygen atoms in total. The zero-order chi connectivity index (χ0) is 17.3. The van der Waals surface area contributed by atoms with Crippen LogP contribution in [0.2, 0.25) is 10.0 Å². The Labute approximate surface area is 139 Å².